The van der Waals surface area contributed by atoms with E-state index in [-0.39, 0.29) is 5.91 Å². The van der Waals surface area contributed by atoms with Crippen LogP contribution >= 0.6 is 11.8 Å². The van der Waals surface area contributed by atoms with Crippen LogP contribution in [-0.2, 0) is 4.79 Å². The molecule has 0 saturated carbocycles. The fraction of sp³-hybridized carbons (Fsp3) is 0.136. The van der Waals surface area contributed by atoms with Crippen LogP contribution in [0.4, 0.5) is 5.69 Å². The van der Waals surface area contributed by atoms with Gasteiger partial charge in [-0.25, -0.2) is 0 Å². The predicted octanol–water partition coefficient (Wildman–Crippen LogP) is 5.61. The summed E-state index contributed by atoms with van der Waals surface area (Å²) in [5.74, 6) is 2.83. The summed E-state index contributed by atoms with van der Waals surface area (Å²) in [4.78, 5) is 13.4. The lowest BCUT2D eigenvalue weighted by atomic mass is 10.2. The molecule has 1 N–H and O–H groups in total. The van der Waals surface area contributed by atoms with Gasteiger partial charge in [0.1, 0.15) is 11.5 Å². The van der Waals surface area contributed by atoms with Gasteiger partial charge in [-0.1, -0.05) is 30.3 Å². The lowest BCUT2D eigenvalue weighted by molar-refractivity contribution is -0.115. The number of carbonyl (C=O) groups excluding carboxylic acids is 1. The quantitative estimate of drug-likeness (QED) is 0.517. The van der Waals surface area contributed by atoms with Crippen molar-refractivity contribution in [2.24, 2.45) is 0 Å². The predicted molar refractivity (Wildman–Crippen MR) is 110 cm³/mol. The van der Waals surface area contributed by atoms with Crippen LogP contribution in [0.2, 0.25) is 0 Å². The van der Waals surface area contributed by atoms with Gasteiger partial charge in [-0.15, -0.1) is 11.8 Å². The number of rotatable bonds is 8. The molecule has 3 aromatic carbocycles. The smallest absolute Gasteiger partial charge is 0.225 e. The average molecular weight is 379 g/mol. The molecule has 1 amide bonds. The molecule has 3 rings (SSSR count). The molecule has 0 bridgehead atoms. The third kappa shape index (κ3) is 5.79. The Kier molecular flexibility index (Phi) is 6.77. The molecule has 0 fully saturated rings. The topological polar surface area (TPSA) is 47.6 Å². The molecular formula is C22H21NO3S. The number of hydrogen-bond donors (Lipinski definition) is 1. The van der Waals surface area contributed by atoms with Crippen LogP contribution < -0.4 is 14.8 Å². The molecule has 4 nitrogen and oxygen atoms in total. The lowest BCUT2D eigenvalue weighted by Gasteiger charge is -2.12. The van der Waals surface area contributed by atoms with Crippen molar-refractivity contribution in [1.82, 2.24) is 0 Å². The minimum absolute atomic E-state index is 0.0416. The maximum Gasteiger partial charge on any atom is 0.225 e. The van der Waals surface area contributed by atoms with Crippen molar-refractivity contribution in [1.29, 1.82) is 0 Å². The number of hydrogen-bond acceptors (Lipinski definition) is 4. The molecule has 0 aliphatic carbocycles. The number of para-hydroxylation sites is 3. The number of methoxy groups -OCH3 is 1. The zero-order valence-corrected chi connectivity index (χ0v) is 15.9. The van der Waals surface area contributed by atoms with Gasteiger partial charge in [0, 0.05) is 17.1 Å². The zero-order chi connectivity index (χ0) is 18.9. The summed E-state index contributed by atoms with van der Waals surface area (Å²) in [6.07, 6.45) is 0.413. The van der Waals surface area contributed by atoms with Gasteiger partial charge in [0.25, 0.3) is 0 Å². The maximum atomic E-state index is 12.3. The summed E-state index contributed by atoms with van der Waals surface area (Å²) in [6.45, 7) is 0. The van der Waals surface area contributed by atoms with Gasteiger partial charge in [0.15, 0.2) is 5.75 Å². The Bertz CT molecular complexity index is 866. The van der Waals surface area contributed by atoms with Crippen LogP contribution in [0, 0.1) is 0 Å². The molecule has 0 heterocycles. The Balaban J connectivity index is 1.53. The number of carbonyl (C=O) groups is 1. The first-order chi connectivity index (χ1) is 13.2. The molecule has 0 unspecified atom stereocenters. The normalized spacial score (nSPS) is 10.3. The fourth-order valence-corrected chi connectivity index (χ4v) is 3.27. The van der Waals surface area contributed by atoms with Crippen molar-refractivity contribution >= 4 is 23.4 Å². The van der Waals surface area contributed by atoms with E-state index in [1.165, 1.54) is 0 Å². The SMILES string of the molecule is COc1ccc(SCCC(=O)Nc2ccccc2Oc2ccccc2)cc1. The van der Waals surface area contributed by atoms with Gasteiger partial charge >= 0.3 is 0 Å². The van der Waals surface area contributed by atoms with Crippen LogP contribution in [0.15, 0.2) is 83.8 Å². The first kappa shape index (κ1) is 18.9. The van der Waals surface area contributed by atoms with Crippen molar-refractivity contribution in [3.05, 3.63) is 78.9 Å². The summed E-state index contributed by atoms with van der Waals surface area (Å²) >= 11 is 1.64. The second-order valence-corrected chi connectivity index (χ2v) is 6.90. The number of anilines is 1. The first-order valence-corrected chi connectivity index (χ1v) is 9.62. The van der Waals surface area contributed by atoms with E-state index in [0.717, 1.165) is 16.4 Å². The molecule has 3 aromatic rings. The minimum atomic E-state index is -0.0416. The number of thioether (sulfide) groups is 1. The van der Waals surface area contributed by atoms with Gasteiger partial charge in [0.2, 0.25) is 5.91 Å². The summed E-state index contributed by atoms with van der Waals surface area (Å²) < 4.78 is 11.0. The number of benzene rings is 3. The maximum absolute atomic E-state index is 12.3. The monoisotopic (exact) mass is 379 g/mol. The second kappa shape index (κ2) is 9.69. The summed E-state index contributed by atoms with van der Waals surface area (Å²) in [7, 11) is 1.64. The molecule has 27 heavy (non-hydrogen) atoms. The molecule has 0 aliphatic heterocycles. The number of amides is 1. The standard InChI is InChI=1S/C22H21NO3S/c1-25-17-11-13-19(14-12-17)27-16-15-22(24)23-20-9-5-6-10-21(20)26-18-7-3-2-4-8-18/h2-14H,15-16H2,1H3,(H,23,24). The van der Waals surface area contributed by atoms with Crippen LogP contribution in [-0.4, -0.2) is 18.8 Å². The Hall–Kier alpha value is -2.92. The minimum Gasteiger partial charge on any atom is -0.497 e. The Morgan fingerprint density at radius 1 is 0.889 bits per heavy atom. The van der Waals surface area contributed by atoms with Crippen molar-refractivity contribution in [2.45, 2.75) is 11.3 Å². The molecule has 5 heteroatoms. The van der Waals surface area contributed by atoms with Gasteiger partial charge < -0.3 is 14.8 Å². The fourth-order valence-electron chi connectivity index (χ4n) is 2.42. The van der Waals surface area contributed by atoms with E-state index in [4.69, 9.17) is 9.47 Å². The summed E-state index contributed by atoms with van der Waals surface area (Å²) in [5.41, 5.74) is 0.667. The highest BCUT2D eigenvalue weighted by Crippen LogP contribution is 2.29. The molecule has 0 saturated heterocycles. The Labute approximate surface area is 163 Å². The first-order valence-electron chi connectivity index (χ1n) is 8.63. The highest BCUT2D eigenvalue weighted by molar-refractivity contribution is 7.99. The van der Waals surface area contributed by atoms with Crippen molar-refractivity contribution < 1.29 is 14.3 Å². The van der Waals surface area contributed by atoms with E-state index in [1.807, 2.05) is 78.9 Å². The van der Waals surface area contributed by atoms with Crippen LogP contribution in [0.25, 0.3) is 0 Å². The second-order valence-electron chi connectivity index (χ2n) is 5.73. The van der Waals surface area contributed by atoms with Crippen molar-refractivity contribution in [2.75, 3.05) is 18.2 Å². The zero-order valence-electron chi connectivity index (χ0n) is 15.1. The molecule has 0 atom stereocenters. The molecule has 138 valence electrons. The average Bonchev–Trinajstić information content (AvgIpc) is 2.71. The third-order valence-electron chi connectivity index (χ3n) is 3.79. The lowest BCUT2D eigenvalue weighted by Crippen LogP contribution is -2.12. The molecular weight excluding hydrogens is 358 g/mol. The van der Waals surface area contributed by atoms with E-state index in [9.17, 15) is 4.79 Å². The highest BCUT2D eigenvalue weighted by atomic mass is 32.2. The molecule has 0 radical (unpaired) electrons. The van der Waals surface area contributed by atoms with Crippen LogP contribution in [0.3, 0.4) is 0 Å². The van der Waals surface area contributed by atoms with Gasteiger partial charge in [-0.3, -0.25) is 4.79 Å². The van der Waals surface area contributed by atoms with Gasteiger partial charge in [0.05, 0.1) is 12.8 Å². The van der Waals surface area contributed by atoms with Gasteiger partial charge in [-0.2, -0.15) is 0 Å². The molecule has 0 spiro atoms. The van der Waals surface area contributed by atoms with Gasteiger partial charge in [-0.05, 0) is 48.5 Å². The van der Waals surface area contributed by atoms with E-state index in [0.29, 0.717) is 23.6 Å². The van der Waals surface area contributed by atoms with Crippen molar-refractivity contribution in [3.63, 3.8) is 0 Å². The summed E-state index contributed by atoms with van der Waals surface area (Å²) in [5, 5.41) is 2.94. The molecule has 0 aliphatic rings. The van der Waals surface area contributed by atoms with Crippen LogP contribution in [0.1, 0.15) is 6.42 Å². The van der Waals surface area contributed by atoms with E-state index < -0.39 is 0 Å². The Morgan fingerprint density at radius 2 is 1.59 bits per heavy atom. The van der Waals surface area contributed by atoms with Crippen molar-refractivity contribution in [3.8, 4) is 17.2 Å². The Morgan fingerprint density at radius 3 is 2.33 bits per heavy atom. The van der Waals surface area contributed by atoms with E-state index in [1.54, 1.807) is 18.9 Å². The van der Waals surface area contributed by atoms with Crippen LogP contribution in [0.5, 0.6) is 17.2 Å². The number of ether oxygens (including phenoxy) is 2. The number of nitrogens with one attached hydrogen (secondary N) is 1. The third-order valence-corrected chi connectivity index (χ3v) is 4.80. The van der Waals surface area contributed by atoms with E-state index in [2.05, 4.69) is 5.32 Å². The largest absolute Gasteiger partial charge is 0.497 e. The highest BCUT2D eigenvalue weighted by Gasteiger charge is 2.09. The summed E-state index contributed by atoms with van der Waals surface area (Å²) in [6, 6.07) is 24.8. The molecule has 0 aromatic heterocycles. The van der Waals surface area contributed by atoms with E-state index >= 15 is 0 Å².